The van der Waals surface area contributed by atoms with Crippen LogP contribution in [0.2, 0.25) is 0 Å². The molecule has 0 fully saturated rings. The van der Waals surface area contributed by atoms with E-state index in [1.165, 1.54) is 36.4 Å². The lowest BCUT2D eigenvalue weighted by Crippen LogP contribution is -2.11. The smallest absolute Gasteiger partial charge is 0.166 e. The zero-order valence-corrected chi connectivity index (χ0v) is 19.8. The van der Waals surface area contributed by atoms with Crippen molar-refractivity contribution in [3.05, 3.63) is 119 Å². The zero-order valence-electron chi connectivity index (χ0n) is 19.8. The Morgan fingerprint density at radius 3 is 0.950 bits per heavy atom. The van der Waals surface area contributed by atoms with E-state index in [-0.39, 0.29) is 11.1 Å². The molecule has 212 valence electrons. The monoisotopic (exact) mass is 580 g/mol. The second-order valence-corrected chi connectivity index (χ2v) is 8.24. The van der Waals surface area contributed by atoms with Crippen molar-refractivity contribution in [3.8, 4) is 22.3 Å². The first-order valence-electron chi connectivity index (χ1n) is 11.1. The number of halogens is 12. The van der Waals surface area contributed by atoms with Gasteiger partial charge in [-0.25, -0.2) is 0 Å². The molecule has 0 amide bonds. The predicted octanol–water partition coefficient (Wildman–Crippen LogP) is 10.8. The summed E-state index contributed by atoms with van der Waals surface area (Å²) < 4.78 is 153. The highest BCUT2D eigenvalue weighted by molar-refractivity contribution is 5.72. The van der Waals surface area contributed by atoms with Gasteiger partial charge >= 0.3 is 24.7 Å². The highest BCUT2D eigenvalue weighted by Crippen LogP contribution is 2.42. The van der Waals surface area contributed by atoms with Crippen LogP contribution in [-0.4, -0.2) is 0 Å². The van der Waals surface area contributed by atoms with Crippen LogP contribution in [0.15, 0.2) is 97.1 Å². The van der Waals surface area contributed by atoms with Gasteiger partial charge in [0.25, 0.3) is 0 Å². The maximum Gasteiger partial charge on any atom is 0.417 e. The average Bonchev–Trinajstić information content (AvgIpc) is 2.87. The summed E-state index contributed by atoms with van der Waals surface area (Å²) in [6.07, 6.45) is -18.5. The minimum atomic E-state index is -4.71. The SMILES string of the molecule is FC(F)(F)c1cccc(-c2cccc(C(F)(F)F)c2)c1.FC(F)(F)c1ccccc1-c1ccccc1C(F)(F)F. The molecule has 0 N–H and O–H groups in total. The van der Waals surface area contributed by atoms with E-state index in [4.69, 9.17) is 0 Å². The van der Waals surface area contributed by atoms with Gasteiger partial charge in [0, 0.05) is 0 Å². The van der Waals surface area contributed by atoms with Crippen LogP contribution in [0.1, 0.15) is 22.3 Å². The van der Waals surface area contributed by atoms with Gasteiger partial charge in [-0.2, -0.15) is 52.7 Å². The van der Waals surface area contributed by atoms with Gasteiger partial charge in [0.05, 0.1) is 22.3 Å². The zero-order chi connectivity index (χ0) is 29.9. The Morgan fingerprint density at radius 2 is 0.650 bits per heavy atom. The van der Waals surface area contributed by atoms with Crippen molar-refractivity contribution in [2.45, 2.75) is 24.7 Å². The number of benzene rings is 4. The molecule has 0 atom stereocenters. The van der Waals surface area contributed by atoms with Gasteiger partial charge in [-0.05, 0) is 58.7 Å². The van der Waals surface area contributed by atoms with Crippen molar-refractivity contribution in [2.75, 3.05) is 0 Å². The highest BCUT2D eigenvalue weighted by atomic mass is 19.4. The van der Waals surface area contributed by atoms with Crippen molar-refractivity contribution in [1.29, 1.82) is 0 Å². The van der Waals surface area contributed by atoms with E-state index in [9.17, 15) is 52.7 Å². The molecule has 40 heavy (non-hydrogen) atoms. The molecule has 0 bridgehead atoms. The second kappa shape index (κ2) is 11.3. The minimum absolute atomic E-state index is 0.0888. The molecular weight excluding hydrogens is 564 g/mol. The molecule has 4 aromatic rings. The third-order valence-corrected chi connectivity index (χ3v) is 5.47. The summed E-state index contributed by atoms with van der Waals surface area (Å²) in [5.41, 5.74) is -4.74. The number of alkyl halides is 12. The maximum atomic E-state index is 12.9. The fraction of sp³-hybridized carbons (Fsp3) is 0.143. The van der Waals surface area contributed by atoms with Gasteiger partial charge in [0.1, 0.15) is 0 Å². The molecule has 0 unspecified atom stereocenters. The van der Waals surface area contributed by atoms with Crippen LogP contribution in [0.3, 0.4) is 0 Å². The van der Waals surface area contributed by atoms with Crippen LogP contribution in [0.25, 0.3) is 22.3 Å². The van der Waals surface area contributed by atoms with Crippen molar-refractivity contribution < 1.29 is 52.7 Å². The third-order valence-electron chi connectivity index (χ3n) is 5.47. The average molecular weight is 580 g/mol. The lowest BCUT2D eigenvalue weighted by atomic mass is 9.95. The van der Waals surface area contributed by atoms with Crippen LogP contribution < -0.4 is 0 Å². The first-order valence-corrected chi connectivity index (χ1v) is 11.1. The molecule has 12 heteroatoms. The molecule has 0 heterocycles. The summed E-state index contributed by atoms with van der Waals surface area (Å²) >= 11 is 0. The summed E-state index contributed by atoms with van der Waals surface area (Å²) in [5.74, 6) is 0. The molecule has 0 saturated heterocycles. The summed E-state index contributed by atoms with van der Waals surface area (Å²) in [7, 11) is 0. The van der Waals surface area contributed by atoms with Gasteiger partial charge < -0.3 is 0 Å². The van der Waals surface area contributed by atoms with Gasteiger partial charge in [-0.1, -0.05) is 60.7 Å². The Bertz CT molecular complexity index is 1330. The maximum absolute atomic E-state index is 12.9. The molecule has 4 rings (SSSR count). The van der Waals surface area contributed by atoms with E-state index in [1.807, 2.05) is 0 Å². The minimum Gasteiger partial charge on any atom is -0.166 e. The van der Waals surface area contributed by atoms with Gasteiger partial charge in [-0.15, -0.1) is 0 Å². The second-order valence-electron chi connectivity index (χ2n) is 8.24. The predicted molar refractivity (Wildman–Crippen MR) is 124 cm³/mol. The molecule has 0 saturated carbocycles. The summed E-state index contributed by atoms with van der Waals surface area (Å²) in [5, 5.41) is 0. The topological polar surface area (TPSA) is 0 Å². The van der Waals surface area contributed by atoms with E-state index in [1.54, 1.807) is 0 Å². The molecule has 0 aliphatic heterocycles. The molecular formula is C28H16F12. The molecule has 0 radical (unpaired) electrons. The molecule has 0 spiro atoms. The summed E-state index contributed by atoms with van der Waals surface area (Å²) in [6.45, 7) is 0. The molecule has 0 aliphatic carbocycles. The first kappa shape index (κ1) is 30.6. The van der Waals surface area contributed by atoms with E-state index >= 15 is 0 Å². The first-order chi connectivity index (χ1) is 18.4. The van der Waals surface area contributed by atoms with Crippen LogP contribution in [-0.2, 0) is 24.7 Å². The Morgan fingerprint density at radius 1 is 0.325 bits per heavy atom. The lowest BCUT2D eigenvalue weighted by molar-refractivity contribution is -0.139. The van der Waals surface area contributed by atoms with Crippen molar-refractivity contribution in [1.82, 2.24) is 0 Å². The number of hydrogen-bond donors (Lipinski definition) is 0. The fourth-order valence-corrected chi connectivity index (χ4v) is 3.68. The largest absolute Gasteiger partial charge is 0.417 e. The fourth-order valence-electron chi connectivity index (χ4n) is 3.68. The van der Waals surface area contributed by atoms with Crippen molar-refractivity contribution >= 4 is 0 Å². The van der Waals surface area contributed by atoms with Gasteiger partial charge in [0.15, 0.2) is 0 Å². The Balaban J connectivity index is 0.000000220. The lowest BCUT2D eigenvalue weighted by Gasteiger charge is -2.17. The van der Waals surface area contributed by atoms with Crippen molar-refractivity contribution in [2.24, 2.45) is 0 Å². The van der Waals surface area contributed by atoms with E-state index < -0.39 is 58.1 Å². The number of hydrogen-bond acceptors (Lipinski definition) is 0. The van der Waals surface area contributed by atoms with E-state index in [2.05, 4.69) is 0 Å². The summed E-state index contributed by atoms with van der Waals surface area (Å²) in [6, 6.07) is 16.8. The Kier molecular flexibility index (Phi) is 8.61. The third kappa shape index (κ3) is 7.57. The van der Waals surface area contributed by atoms with Crippen LogP contribution >= 0.6 is 0 Å². The summed E-state index contributed by atoms with van der Waals surface area (Å²) in [4.78, 5) is 0. The Labute approximate surface area is 219 Å². The van der Waals surface area contributed by atoms with Crippen molar-refractivity contribution in [3.63, 3.8) is 0 Å². The molecule has 4 aromatic carbocycles. The van der Waals surface area contributed by atoms with Crippen LogP contribution in [0, 0.1) is 0 Å². The molecule has 0 nitrogen and oxygen atoms in total. The molecule has 0 aliphatic rings. The van der Waals surface area contributed by atoms with E-state index in [0.717, 1.165) is 60.7 Å². The van der Waals surface area contributed by atoms with Crippen LogP contribution in [0.4, 0.5) is 52.7 Å². The van der Waals surface area contributed by atoms with E-state index in [0.29, 0.717) is 0 Å². The van der Waals surface area contributed by atoms with Gasteiger partial charge in [0.2, 0.25) is 0 Å². The number of rotatable bonds is 2. The highest BCUT2D eigenvalue weighted by Gasteiger charge is 2.38. The Hall–Kier alpha value is -3.96. The standard InChI is InChI=1S/2C14H8F6/c15-13(16,17)11-5-1-3-9(7-11)10-4-2-6-12(8-10)14(18,19)20;15-13(16,17)11-7-3-1-5-9(11)10-6-2-4-8-12(10)14(18,19)20/h2*1-8H. The van der Waals surface area contributed by atoms with Crippen LogP contribution in [0.5, 0.6) is 0 Å². The quantitative estimate of drug-likeness (QED) is 0.207. The van der Waals surface area contributed by atoms with Gasteiger partial charge in [-0.3, -0.25) is 0 Å². The molecule has 0 aromatic heterocycles. The normalized spacial score (nSPS) is 12.5.